The zero-order valence-electron chi connectivity index (χ0n) is 17.1. The van der Waals surface area contributed by atoms with Crippen molar-refractivity contribution >= 4 is 15.6 Å². The van der Waals surface area contributed by atoms with Crippen LogP contribution in [0.4, 0.5) is 0 Å². The average molecular weight is 439 g/mol. The summed E-state index contributed by atoms with van der Waals surface area (Å²) in [5.41, 5.74) is 15.6. The van der Waals surface area contributed by atoms with Crippen molar-refractivity contribution in [2.24, 2.45) is 17.2 Å². The number of hydrogen-bond acceptors (Lipinski definition) is 6. The zero-order valence-corrected chi connectivity index (χ0v) is 18.9. The fourth-order valence-electron chi connectivity index (χ4n) is 1.32. The Labute approximate surface area is 164 Å². The van der Waals surface area contributed by atoms with Crippen LogP contribution >= 0.6 is 15.6 Å². The van der Waals surface area contributed by atoms with Crippen LogP contribution in [0.2, 0.25) is 0 Å². The lowest BCUT2D eigenvalue weighted by Gasteiger charge is -2.03. The molecule has 0 radical (unpaired) electrons. The van der Waals surface area contributed by atoms with Crippen molar-refractivity contribution in [3.63, 3.8) is 0 Å². The molecule has 0 heterocycles. The van der Waals surface area contributed by atoms with Crippen LogP contribution in [-0.4, -0.2) is 39.2 Å². The molecular weight excluding hydrogens is 396 g/mol. The lowest BCUT2D eigenvalue weighted by atomic mass is 10.3. The summed E-state index contributed by atoms with van der Waals surface area (Å²) in [4.78, 5) is 31.0. The van der Waals surface area contributed by atoms with Crippen molar-refractivity contribution in [1.82, 2.24) is 0 Å². The molecule has 0 aromatic carbocycles. The Kier molecular flexibility index (Phi) is 33.5. The fraction of sp³-hybridized carbons (Fsp3) is 1.00. The molecule has 27 heavy (non-hydrogen) atoms. The topological polar surface area (TPSA) is 202 Å². The maximum Gasteiger partial charge on any atom is 0.478 e. The minimum absolute atomic E-state index is 0.855. The van der Waals surface area contributed by atoms with Crippen molar-refractivity contribution in [2.45, 2.75) is 78.6 Å². The number of rotatable bonds is 11. The van der Waals surface area contributed by atoms with Gasteiger partial charge in [-0.1, -0.05) is 59.3 Å². The van der Waals surface area contributed by atoms with Gasteiger partial charge < -0.3 is 36.8 Å². The quantitative estimate of drug-likeness (QED) is 0.185. The predicted octanol–water partition coefficient (Wildman–Crippen LogP) is 2.59. The van der Waals surface area contributed by atoms with Crippen molar-refractivity contribution in [3.8, 4) is 0 Å². The van der Waals surface area contributed by atoms with Crippen LogP contribution in [0, 0.1) is 0 Å². The summed E-state index contributed by atoms with van der Waals surface area (Å²) in [5.74, 6) is 0. The zero-order chi connectivity index (χ0) is 22.2. The monoisotopic (exact) mass is 439 g/mol. The van der Waals surface area contributed by atoms with Gasteiger partial charge in [0.15, 0.2) is 0 Å². The Bertz CT molecular complexity index is 301. The van der Waals surface area contributed by atoms with E-state index in [-0.39, 0.29) is 0 Å². The molecular formula is C15H43N3O7P2. The third-order valence-corrected chi connectivity index (χ3v) is 4.34. The lowest BCUT2D eigenvalue weighted by molar-refractivity contribution is 0.225. The molecule has 170 valence electrons. The van der Waals surface area contributed by atoms with Crippen LogP contribution in [0.15, 0.2) is 0 Å². The Balaban J connectivity index is -0.000000133. The van der Waals surface area contributed by atoms with Gasteiger partial charge in [-0.25, -0.2) is 9.13 Å². The Morgan fingerprint density at radius 3 is 0.852 bits per heavy atom. The molecule has 0 aliphatic carbocycles. The van der Waals surface area contributed by atoms with Gasteiger partial charge in [0.1, 0.15) is 0 Å². The molecule has 0 atom stereocenters. The van der Waals surface area contributed by atoms with Crippen LogP contribution in [-0.2, 0) is 13.4 Å². The number of hydrogen-bond donors (Lipinski definition) is 7. The van der Waals surface area contributed by atoms with Crippen LogP contribution < -0.4 is 17.2 Å². The van der Waals surface area contributed by atoms with E-state index >= 15 is 0 Å². The van der Waals surface area contributed by atoms with Crippen LogP contribution in [0.25, 0.3) is 0 Å². The second kappa shape index (κ2) is 26.1. The number of phosphoric acid groups is 2. The highest BCUT2D eigenvalue weighted by Crippen LogP contribution is 2.53. The number of nitrogens with two attached hydrogens (primary N) is 3. The Hall–Kier alpha value is 0.140. The molecule has 0 amide bonds. The van der Waals surface area contributed by atoms with E-state index in [2.05, 4.69) is 25.1 Å². The van der Waals surface area contributed by atoms with Gasteiger partial charge in [0.05, 0.1) is 0 Å². The summed E-state index contributed by atoms with van der Waals surface area (Å²) in [6, 6.07) is 0. The van der Waals surface area contributed by atoms with E-state index in [0.717, 1.165) is 19.6 Å². The summed E-state index contributed by atoms with van der Waals surface area (Å²) in [5, 5.41) is 0. The summed E-state index contributed by atoms with van der Waals surface area (Å²) in [6.07, 6.45) is 11.3. The van der Waals surface area contributed by atoms with E-state index in [1.807, 2.05) is 0 Å². The minimum Gasteiger partial charge on any atom is -0.330 e. The van der Waals surface area contributed by atoms with E-state index in [9.17, 15) is 9.13 Å². The van der Waals surface area contributed by atoms with Gasteiger partial charge in [-0.3, -0.25) is 0 Å². The lowest BCUT2D eigenvalue weighted by Crippen LogP contribution is -1.96. The van der Waals surface area contributed by atoms with Crippen molar-refractivity contribution in [1.29, 1.82) is 0 Å². The highest BCUT2D eigenvalue weighted by molar-refractivity contribution is 7.60. The minimum atomic E-state index is -5.05. The van der Waals surface area contributed by atoms with Gasteiger partial charge in [-0.05, 0) is 38.9 Å². The predicted molar refractivity (Wildman–Crippen MR) is 111 cm³/mol. The molecule has 0 aliphatic rings. The molecule has 0 fully saturated rings. The molecule has 0 saturated heterocycles. The SMILES string of the molecule is CCCCCN.CCCCCN.CCCCCN.O=P(O)(O)OP(=O)(O)O. The van der Waals surface area contributed by atoms with Gasteiger partial charge in [0.25, 0.3) is 0 Å². The molecule has 0 unspecified atom stereocenters. The average Bonchev–Trinajstić information content (AvgIpc) is 2.54. The molecule has 0 aromatic heterocycles. The molecule has 0 rings (SSSR count). The highest BCUT2D eigenvalue weighted by Gasteiger charge is 2.27. The third-order valence-electron chi connectivity index (χ3n) is 2.64. The first-order chi connectivity index (χ1) is 12.4. The molecule has 10 nitrogen and oxygen atoms in total. The van der Waals surface area contributed by atoms with Gasteiger partial charge in [-0.15, -0.1) is 0 Å². The van der Waals surface area contributed by atoms with E-state index in [1.54, 1.807) is 0 Å². The van der Waals surface area contributed by atoms with Gasteiger partial charge in [0.2, 0.25) is 0 Å². The maximum atomic E-state index is 9.63. The molecule has 0 aromatic rings. The molecule has 0 saturated carbocycles. The fourth-order valence-corrected chi connectivity index (χ4v) is 2.43. The second-order valence-corrected chi connectivity index (χ2v) is 8.17. The first-order valence-corrected chi connectivity index (χ1v) is 12.4. The smallest absolute Gasteiger partial charge is 0.330 e. The van der Waals surface area contributed by atoms with Crippen LogP contribution in [0.1, 0.15) is 78.6 Å². The van der Waals surface area contributed by atoms with E-state index < -0.39 is 15.6 Å². The highest BCUT2D eigenvalue weighted by atomic mass is 31.3. The second-order valence-electron chi connectivity index (χ2n) is 5.55. The third kappa shape index (κ3) is 66.5. The normalized spacial score (nSPS) is 10.6. The van der Waals surface area contributed by atoms with Gasteiger partial charge in [-0.2, -0.15) is 4.31 Å². The van der Waals surface area contributed by atoms with Crippen molar-refractivity contribution < 1.29 is 33.0 Å². The number of unbranched alkanes of at least 4 members (excludes halogenated alkanes) is 6. The largest absolute Gasteiger partial charge is 0.478 e. The first-order valence-electron chi connectivity index (χ1n) is 9.38. The molecule has 10 N–H and O–H groups in total. The van der Waals surface area contributed by atoms with Gasteiger partial charge in [0, 0.05) is 0 Å². The van der Waals surface area contributed by atoms with E-state index in [1.165, 1.54) is 57.8 Å². The van der Waals surface area contributed by atoms with Gasteiger partial charge >= 0.3 is 15.6 Å². The standard InChI is InChI=1S/3C5H13N.H4O7P2/c3*1-2-3-4-5-6;1-8(2,3)7-9(4,5)6/h3*2-6H2,1H3;(H2,1,2,3)(H2,4,5,6). The molecule has 0 aliphatic heterocycles. The summed E-state index contributed by atoms with van der Waals surface area (Å²) in [6.45, 7) is 9.09. The molecule has 12 heteroatoms. The molecule has 0 bridgehead atoms. The van der Waals surface area contributed by atoms with Crippen LogP contribution in [0.3, 0.4) is 0 Å². The first kappa shape index (κ1) is 34.6. The summed E-state index contributed by atoms with van der Waals surface area (Å²) < 4.78 is 22.2. The Morgan fingerprint density at radius 2 is 0.815 bits per heavy atom. The van der Waals surface area contributed by atoms with E-state index in [0.29, 0.717) is 0 Å². The van der Waals surface area contributed by atoms with E-state index in [4.69, 9.17) is 36.8 Å². The summed E-state index contributed by atoms with van der Waals surface area (Å²) in [7, 11) is -10.1. The maximum absolute atomic E-state index is 9.63. The molecule has 0 spiro atoms. The van der Waals surface area contributed by atoms with Crippen molar-refractivity contribution in [2.75, 3.05) is 19.6 Å². The van der Waals surface area contributed by atoms with Crippen LogP contribution in [0.5, 0.6) is 0 Å². The Morgan fingerprint density at radius 1 is 0.593 bits per heavy atom. The summed E-state index contributed by atoms with van der Waals surface area (Å²) >= 11 is 0. The van der Waals surface area contributed by atoms with Crippen molar-refractivity contribution in [3.05, 3.63) is 0 Å².